The lowest BCUT2D eigenvalue weighted by molar-refractivity contribution is 0.111. The van der Waals surface area contributed by atoms with Gasteiger partial charge in [0.25, 0.3) is 0 Å². The molecule has 1 aliphatic rings. The van der Waals surface area contributed by atoms with Gasteiger partial charge in [0.15, 0.2) is 6.29 Å². The molecular weight excluding hydrogens is 1280 g/mol. The zero-order chi connectivity index (χ0) is 53.1. The summed E-state index contributed by atoms with van der Waals surface area (Å²) in [6.07, 6.45) is 8.44. The van der Waals surface area contributed by atoms with Gasteiger partial charge in [0.2, 0.25) is 0 Å². The minimum atomic E-state index is -0.591. The quantitative estimate of drug-likeness (QED) is 0.0227. The summed E-state index contributed by atoms with van der Waals surface area (Å²) in [5.74, 6) is 0.540. The first-order valence-electron chi connectivity index (χ1n) is 22.1. The molecule has 23 heteroatoms. The number of H-pyrrole nitrogens is 1. The Hall–Kier alpha value is -2.96. The Morgan fingerprint density at radius 3 is 1.47 bits per heavy atom. The second kappa shape index (κ2) is 41.3. The smallest absolute Gasteiger partial charge is 0.152 e. The Labute approximate surface area is 465 Å². The number of aliphatic hydroxyl groups is 6. The average Bonchev–Trinajstić information content (AvgIpc) is 4.27. The molecule has 0 spiro atoms. The van der Waals surface area contributed by atoms with Gasteiger partial charge in [-0.05, 0) is 130 Å². The first-order valence-corrected chi connectivity index (χ1v) is 31.8. The molecule has 0 radical (unpaired) electrons. The highest BCUT2D eigenvalue weighted by Crippen LogP contribution is 2.59. The van der Waals surface area contributed by atoms with Crippen molar-refractivity contribution in [2.75, 3.05) is 37.1 Å². The molecule has 4 aromatic carbocycles. The Bertz CT molecular complexity index is 2410. The number of carbonyl (C=O) groups is 1. The molecule has 402 valence electrons. The van der Waals surface area contributed by atoms with Gasteiger partial charge in [-0.2, -0.15) is 15.3 Å². The fourth-order valence-electron chi connectivity index (χ4n) is 5.82. The largest absolute Gasteiger partial charge is 0.396 e. The van der Waals surface area contributed by atoms with Crippen LogP contribution >= 0.6 is 82.4 Å². The molecule has 3 atom stereocenters. The molecule has 9 N–H and O–H groups in total. The summed E-state index contributed by atoms with van der Waals surface area (Å²) < 4.78 is 21.3. The molecule has 0 saturated carbocycles. The summed E-state index contributed by atoms with van der Waals surface area (Å²) in [6, 6.07) is 21.4. The van der Waals surface area contributed by atoms with Crippen LogP contribution in [0, 0.1) is 34.6 Å². The van der Waals surface area contributed by atoms with Crippen molar-refractivity contribution in [1.82, 2.24) is 29.8 Å². The van der Waals surface area contributed by atoms with Crippen molar-refractivity contribution < 1.29 is 46.0 Å². The monoisotopic (exact) mass is 1340 g/mol. The molecule has 1 aliphatic heterocycles. The maximum absolute atomic E-state index is 12.7. The van der Waals surface area contributed by atoms with Crippen molar-refractivity contribution >= 4 is 121 Å². The van der Waals surface area contributed by atoms with E-state index in [1.807, 2.05) is 84.0 Å². The predicted molar refractivity (Wildman–Crippen MR) is 308 cm³/mol. The van der Waals surface area contributed by atoms with Crippen molar-refractivity contribution in [3.8, 4) is 0 Å². The number of carbonyl (C=O) groups excluding carboxylic acids is 1. The molecular formula is C49H71Br5FN8O8P. The number of aromatic amines is 1. The number of hydrogen-bond donors (Lipinski definition) is 9. The SMILES string of the molecule is BrP(Br)Br.C.C1CCOC1.C[C@H](CBr)Cn1ncc2ccc(CO)cc21.C[C@H](CO)CBr.C[C@H](CO)Cn1ncc2ccc(CO)cc21.N=N.O=Cc1ccc(CO)cc1F.OCc1ccc2cn[nH]c2c1.[HH]. The van der Waals surface area contributed by atoms with Crippen molar-refractivity contribution in [3.05, 3.63) is 125 Å². The van der Waals surface area contributed by atoms with E-state index >= 15 is 0 Å². The molecule has 3 aromatic heterocycles. The van der Waals surface area contributed by atoms with Crippen LogP contribution in [-0.4, -0.2) is 104 Å². The Morgan fingerprint density at radius 2 is 1.10 bits per heavy atom. The van der Waals surface area contributed by atoms with Crippen molar-refractivity contribution in [3.63, 3.8) is 0 Å². The molecule has 8 rings (SSSR count). The summed E-state index contributed by atoms with van der Waals surface area (Å²) in [7, 11) is 0. The third-order valence-corrected chi connectivity index (χ3v) is 12.0. The molecule has 72 heavy (non-hydrogen) atoms. The second-order valence-corrected chi connectivity index (χ2v) is 32.5. The summed E-state index contributed by atoms with van der Waals surface area (Å²) in [5, 5.41) is 73.4. The Kier molecular flexibility index (Phi) is 39.6. The number of alkyl halides is 2. The van der Waals surface area contributed by atoms with Gasteiger partial charge < -0.3 is 35.4 Å². The van der Waals surface area contributed by atoms with E-state index in [-0.39, 0.29) is 64.0 Å². The number of ether oxygens (including phenoxy) is 1. The summed E-state index contributed by atoms with van der Waals surface area (Å²) in [5.41, 5.74) is 16.3. The normalized spacial score (nSPS) is 12.4. The van der Waals surface area contributed by atoms with E-state index in [0.29, 0.717) is 30.2 Å². The van der Waals surface area contributed by atoms with Gasteiger partial charge in [-0.3, -0.25) is 19.3 Å². The molecule has 0 unspecified atom stereocenters. The van der Waals surface area contributed by atoms with Gasteiger partial charge in [-0.1, -0.05) is 103 Å². The third-order valence-electron chi connectivity index (χ3n) is 9.79. The van der Waals surface area contributed by atoms with E-state index in [2.05, 4.69) is 106 Å². The number of benzene rings is 4. The standard InChI is InChI=1S/C12H15BrN2O.C12H16N2O2.C8H7FO2.C8H8N2O.C4H9BrO.C4H8O.CH4.Br3P.H2N2.H2/c1-9(5-13)7-15-12-4-10(8-16)2-3-11(12)6-14-15;1-9(7-15)6-14-12-4-10(8-16)2-3-11(12)5-13-14;9-8-3-6(4-10)1-2-7(8)5-11;11-5-6-1-2-7-4-9-10-8(7)3-6;1-4(2-5)3-6;1-2-4-5-3-1;;1-4(2)3;1-2;/h2-4,6,9,16H,5,7-8H2,1H3;2-5,9,15-16H,6-8H2,1H3;1-3,5,10H,4H2;1-4,11H,5H2,(H,9,10);4,6H,2-3H2,1H3;1-4H2;1H4;;1-2H;1H/t2*9-;;;4-;;;;;/m10..0...../s1. The van der Waals surface area contributed by atoms with Crippen LogP contribution in [0.1, 0.15) is 75.1 Å². The first kappa shape index (κ1) is 69.0. The summed E-state index contributed by atoms with van der Waals surface area (Å²) >= 11 is 16.2. The number of halogens is 6. The number of nitrogens with zero attached hydrogens (tertiary/aromatic N) is 5. The molecule has 0 aliphatic carbocycles. The lowest BCUT2D eigenvalue weighted by Gasteiger charge is -2.09. The summed E-state index contributed by atoms with van der Waals surface area (Å²) in [6.45, 7) is 10.1. The van der Waals surface area contributed by atoms with E-state index in [1.165, 1.54) is 25.0 Å². The van der Waals surface area contributed by atoms with E-state index in [9.17, 15) is 9.18 Å². The molecule has 1 fully saturated rings. The lowest BCUT2D eigenvalue weighted by atomic mass is 10.1. The highest BCUT2D eigenvalue weighted by Gasteiger charge is 2.09. The average molecular weight is 1350 g/mol. The fraction of sp³-hybridized carbons (Fsp3) is 0.429. The molecule has 0 amide bonds. The zero-order valence-electron chi connectivity index (χ0n) is 39.8. The number of fused-ring (bicyclic) bond motifs is 3. The van der Waals surface area contributed by atoms with E-state index in [1.54, 1.807) is 12.4 Å². The van der Waals surface area contributed by atoms with Gasteiger partial charge in [0, 0.05) is 67.8 Å². The van der Waals surface area contributed by atoms with Gasteiger partial charge in [-0.25, -0.2) is 15.5 Å². The zero-order valence-corrected chi connectivity index (χ0v) is 48.6. The number of aliphatic hydroxyl groups excluding tert-OH is 6. The van der Waals surface area contributed by atoms with Crippen molar-refractivity contribution in [1.29, 1.82) is 11.1 Å². The van der Waals surface area contributed by atoms with E-state index < -0.39 is 5.82 Å². The molecule has 0 bridgehead atoms. The molecule has 7 aromatic rings. The molecule has 16 nitrogen and oxygen atoms in total. The van der Waals surface area contributed by atoms with Crippen LogP contribution in [0.2, 0.25) is 0 Å². The number of rotatable bonds is 13. The Morgan fingerprint density at radius 1 is 0.681 bits per heavy atom. The second-order valence-electron chi connectivity index (χ2n) is 15.8. The van der Waals surface area contributed by atoms with Gasteiger partial charge >= 0.3 is 0 Å². The highest BCUT2D eigenvalue weighted by atomic mass is 80.0. The van der Waals surface area contributed by atoms with Crippen molar-refractivity contribution in [2.45, 2.75) is 80.6 Å². The van der Waals surface area contributed by atoms with Crippen LogP contribution in [0.15, 0.2) is 91.4 Å². The van der Waals surface area contributed by atoms with Crippen LogP contribution in [-0.2, 0) is 44.3 Å². The topological polar surface area (TPSA) is 260 Å². The number of aromatic nitrogens is 6. The molecule has 4 heterocycles. The minimum Gasteiger partial charge on any atom is -0.396 e. The molecule has 1 saturated heterocycles. The van der Waals surface area contributed by atoms with Gasteiger partial charge in [-0.15, -0.1) is 0 Å². The number of nitrogens with one attached hydrogen (secondary N) is 3. The van der Waals surface area contributed by atoms with Crippen LogP contribution in [0.25, 0.3) is 32.7 Å². The maximum atomic E-state index is 12.7. The minimum absolute atomic E-state index is 0. The van der Waals surface area contributed by atoms with E-state index in [0.717, 1.165) is 85.9 Å². The lowest BCUT2D eigenvalue weighted by Crippen LogP contribution is -2.12. The maximum Gasteiger partial charge on any atom is 0.152 e. The Balaban J connectivity index is 0. The predicted octanol–water partition coefficient (Wildman–Crippen LogP) is 12.6. The highest BCUT2D eigenvalue weighted by molar-refractivity contribution is 9.93. The van der Waals surface area contributed by atoms with Crippen LogP contribution < -0.4 is 0 Å². The number of hydrogen-bond acceptors (Lipinski definition) is 13. The van der Waals surface area contributed by atoms with Gasteiger partial charge in [0.1, 0.15) is 9.85 Å². The number of aldehydes is 1. The first-order chi connectivity index (χ1) is 34.2. The fourth-order valence-corrected chi connectivity index (χ4v) is 6.23. The van der Waals surface area contributed by atoms with Crippen LogP contribution in [0.5, 0.6) is 0 Å². The summed E-state index contributed by atoms with van der Waals surface area (Å²) in [4.78, 5) is 10.1. The van der Waals surface area contributed by atoms with Gasteiger partial charge in [0.05, 0.1) is 67.1 Å². The van der Waals surface area contributed by atoms with Crippen LogP contribution in [0.4, 0.5) is 4.39 Å². The van der Waals surface area contributed by atoms with E-state index in [4.69, 9.17) is 46.4 Å². The third kappa shape index (κ3) is 27.0. The van der Waals surface area contributed by atoms with Crippen molar-refractivity contribution in [2.24, 2.45) is 17.8 Å². The van der Waals surface area contributed by atoms with Crippen LogP contribution in [0.3, 0.4) is 0 Å².